The summed E-state index contributed by atoms with van der Waals surface area (Å²) in [6.07, 6.45) is 0.882. The van der Waals surface area contributed by atoms with Crippen molar-refractivity contribution in [3.8, 4) is 11.4 Å². The summed E-state index contributed by atoms with van der Waals surface area (Å²) < 4.78 is 4.77. The van der Waals surface area contributed by atoms with Gasteiger partial charge in [-0.25, -0.2) is 0 Å². The molecule has 0 unspecified atom stereocenters. The summed E-state index contributed by atoms with van der Waals surface area (Å²) in [5, 5.41) is 5.17. The molecule has 0 aliphatic heterocycles. The van der Waals surface area contributed by atoms with Gasteiger partial charge in [-0.2, -0.15) is 0 Å². The average molecular weight is 499 g/mol. The van der Waals surface area contributed by atoms with Gasteiger partial charge < -0.3 is 9.13 Å². The molecule has 2 nitrogen and oxygen atoms in total. The van der Waals surface area contributed by atoms with E-state index in [1.807, 2.05) is 0 Å². The van der Waals surface area contributed by atoms with Gasteiger partial charge in [-0.15, -0.1) is 0 Å². The molecule has 0 bridgehead atoms. The van der Waals surface area contributed by atoms with Gasteiger partial charge in [0, 0.05) is 32.9 Å². The van der Waals surface area contributed by atoms with Crippen molar-refractivity contribution in [1.29, 1.82) is 0 Å². The molecule has 0 atom stereocenters. The third kappa shape index (κ3) is 3.49. The average Bonchev–Trinajstić information content (AvgIpc) is 3.50. The summed E-state index contributed by atoms with van der Waals surface area (Å²) in [4.78, 5) is 0. The lowest BCUT2D eigenvalue weighted by Gasteiger charge is -2.09. The lowest BCUT2D eigenvalue weighted by Crippen LogP contribution is -1.95. The van der Waals surface area contributed by atoms with E-state index in [2.05, 4.69) is 155 Å². The van der Waals surface area contributed by atoms with Crippen molar-refractivity contribution in [3.63, 3.8) is 0 Å². The first-order valence-electron chi connectivity index (χ1n) is 13.5. The molecule has 0 saturated heterocycles. The first-order valence-corrected chi connectivity index (χ1v) is 13.5. The molecule has 2 heterocycles. The fourth-order valence-corrected chi connectivity index (χ4v) is 6.20. The predicted octanol–water partition coefficient (Wildman–Crippen LogP) is 9.47. The summed E-state index contributed by atoms with van der Waals surface area (Å²) >= 11 is 0. The highest BCUT2D eigenvalue weighted by molar-refractivity contribution is 6.10. The molecular weight excluding hydrogens is 472 g/mol. The Balaban J connectivity index is 1.27. The van der Waals surface area contributed by atoms with E-state index in [1.165, 1.54) is 66.1 Å². The lowest BCUT2D eigenvalue weighted by molar-refractivity contribution is 1.16. The van der Waals surface area contributed by atoms with Crippen LogP contribution >= 0.6 is 0 Å². The van der Waals surface area contributed by atoms with Gasteiger partial charge in [0.05, 0.1) is 22.1 Å². The van der Waals surface area contributed by atoms with Crippen LogP contribution in [0.25, 0.3) is 55.0 Å². The van der Waals surface area contributed by atoms with Crippen LogP contribution < -0.4 is 0 Å². The second-order valence-electron chi connectivity index (χ2n) is 10.3. The molecule has 0 saturated carbocycles. The molecule has 6 aromatic carbocycles. The standard InChI is InChI=1S/C37H26N2/c1-3-11-28(12-4-1)38-35-18-10-8-16-31(35)33-24-26(20-22-36(33)38)23-27-19-21-32-30-15-7-9-17-34(30)39(37(32)25-27)29-13-5-2-6-14-29/h1-22,24-25H,23H2. The maximum atomic E-state index is 2.39. The molecule has 0 N–H and O–H groups in total. The van der Waals surface area contributed by atoms with Crippen molar-refractivity contribution >= 4 is 43.6 Å². The minimum absolute atomic E-state index is 0.882. The molecule has 0 spiro atoms. The Hall–Kier alpha value is -5.08. The molecule has 2 aromatic heterocycles. The fourth-order valence-electron chi connectivity index (χ4n) is 6.20. The molecule has 0 aliphatic carbocycles. The van der Waals surface area contributed by atoms with E-state index >= 15 is 0 Å². The maximum absolute atomic E-state index is 2.39. The van der Waals surface area contributed by atoms with E-state index in [0.29, 0.717) is 0 Å². The minimum Gasteiger partial charge on any atom is -0.309 e. The second kappa shape index (κ2) is 8.75. The van der Waals surface area contributed by atoms with Crippen molar-refractivity contribution in [2.75, 3.05) is 0 Å². The van der Waals surface area contributed by atoms with Crippen LogP contribution in [0.2, 0.25) is 0 Å². The van der Waals surface area contributed by atoms with E-state index in [1.54, 1.807) is 0 Å². The molecule has 39 heavy (non-hydrogen) atoms. The van der Waals surface area contributed by atoms with Crippen LogP contribution in [0.1, 0.15) is 11.1 Å². The number of rotatable bonds is 4. The molecule has 8 rings (SSSR count). The van der Waals surface area contributed by atoms with Crippen molar-refractivity contribution < 1.29 is 0 Å². The Morgan fingerprint density at radius 1 is 0.333 bits per heavy atom. The van der Waals surface area contributed by atoms with Gasteiger partial charge in [0.2, 0.25) is 0 Å². The molecule has 0 fully saturated rings. The molecule has 8 aromatic rings. The normalized spacial score (nSPS) is 11.7. The summed E-state index contributed by atoms with van der Waals surface area (Å²) in [7, 11) is 0. The fraction of sp³-hybridized carbons (Fsp3) is 0.0270. The molecule has 0 aliphatic rings. The summed E-state index contributed by atoms with van der Waals surface area (Å²) in [6, 6.07) is 52.7. The number of para-hydroxylation sites is 4. The first-order chi connectivity index (χ1) is 19.3. The van der Waals surface area contributed by atoms with Crippen LogP contribution in [0.15, 0.2) is 146 Å². The highest BCUT2D eigenvalue weighted by Gasteiger charge is 2.14. The molecule has 2 heteroatoms. The second-order valence-corrected chi connectivity index (χ2v) is 10.3. The van der Waals surface area contributed by atoms with Crippen LogP contribution in [-0.2, 0) is 6.42 Å². The van der Waals surface area contributed by atoms with Gasteiger partial charge in [-0.3, -0.25) is 0 Å². The van der Waals surface area contributed by atoms with Gasteiger partial charge in [-0.1, -0.05) is 91.0 Å². The Kier molecular flexibility index (Phi) is 4.92. The van der Waals surface area contributed by atoms with Gasteiger partial charge in [0.1, 0.15) is 0 Å². The van der Waals surface area contributed by atoms with Crippen LogP contribution in [0, 0.1) is 0 Å². The number of fused-ring (bicyclic) bond motifs is 6. The highest BCUT2D eigenvalue weighted by atomic mass is 15.0. The third-order valence-electron chi connectivity index (χ3n) is 7.91. The lowest BCUT2D eigenvalue weighted by atomic mass is 10.0. The SMILES string of the molecule is c1ccc(-n2c3ccccc3c3cc(Cc4ccc5c6ccccc6n(-c6ccccc6)c5c4)ccc32)cc1. The number of nitrogens with zero attached hydrogens (tertiary/aromatic N) is 2. The summed E-state index contributed by atoms with van der Waals surface area (Å²) in [6.45, 7) is 0. The van der Waals surface area contributed by atoms with Crippen LogP contribution in [-0.4, -0.2) is 9.13 Å². The minimum atomic E-state index is 0.882. The van der Waals surface area contributed by atoms with Crippen molar-refractivity contribution in [3.05, 3.63) is 157 Å². The van der Waals surface area contributed by atoms with E-state index in [-0.39, 0.29) is 0 Å². The number of hydrogen-bond donors (Lipinski definition) is 0. The van der Waals surface area contributed by atoms with E-state index in [9.17, 15) is 0 Å². The largest absolute Gasteiger partial charge is 0.309 e. The van der Waals surface area contributed by atoms with Gasteiger partial charge in [0.25, 0.3) is 0 Å². The molecular formula is C37H26N2. The number of aromatic nitrogens is 2. The third-order valence-corrected chi connectivity index (χ3v) is 7.91. The van der Waals surface area contributed by atoms with Gasteiger partial charge >= 0.3 is 0 Å². The number of hydrogen-bond acceptors (Lipinski definition) is 0. The zero-order valence-corrected chi connectivity index (χ0v) is 21.5. The van der Waals surface area contributed by atoms with E-state index in [4.69, 9.17) is 0 Å². The topological polar surface area (TPSA) is 9.86 Å². The van der Waals surface area contributed by atoms with Crippen LogP contribution in [0.3, 0.4) is 0 Å². The Bertz CT molecular complexity index is 2130. The zero-order valence-electron chi connectivity index (χ0n) is 21.5. The summed E-state index contributed by atoms with van der Waals surface area (Å²) in [5.74, 6) is 0. The van der Waals surface area contributed by atoms with Crippen LogP contribution in [0.5, 0.6) is 0 Å². The van der Waals surface area contributed by atoms with Gasteiger partial charge in [-0.05, 0) is 72.1 Å². The molecule has 0 radical (unpaired) electrons. The monoisotopic (exact) mass is 498 g/mol. The Labute approximate surface area is 227 Å². The Morgan fingerprint density at radius 2 is 0.795 bits per heavy atom. The van der Waals surface area contributed by atoms with E-state index < -0.39 is 0 Å². The zero-order chi connectivity index (χ0) is 25.8. The highest BCUT2D eigenvalue weighted by Crippen LogP contribution is 2.35. The van der Waals surface area contributed by atoms with Crippen molar-refractivity contribution in [2.24, 2.45) is 0 Å². The number of benzene rings is 6. The maximum Gasteiger partial charge on any atom is 0.0543 e. The van der Waals surface area contributed by atoms with Crippen LogP contribution in [0.4, 0.5) is 0 Å². The summed E-state index contributed by atoms with van der Waals surface area (Å²) in [5.41, 5.74) is 9.99. The van der Waals surface area contributed by atoms with Gasteiger partial charge in [0.15, 0.2) is 0 Å². The smallest absolute Gasteiger partial charge is 0.0543 e. The predicted molar refractivity (Wildman–Crippen MR) is 164 cm³/mol. The quantitative estimate of drug-likeness (QED) is 0.229. The molecule has 0 amide bonds. The van der Waals surface area contributed by atoms with Crippen molar-refractivity contribution in [2.45, 2.75) is 6.42 Å². The van der Waals surface area contributed by atoms with Crippen molar-refractivity contribution in [1.82, 2.24) is 9.13 Å². The van der Waals surface area contributed by atoms with E-state index in [0.717, 1.165) is 6.42 Å². The first kappa shape index (κ1) is 22.0. The Morgan fingerprint density at radius 3 is 1.46 bits per heavy atom. The molecule has 184 valence electrons.